The summed E-state index contributed by atoms with van der Waals surface area (Å²) in [5.74, 6) is 0.809. The largest absolute Gasteiger partial charge is 0.493 e. The van der Waals surface area contributed by atoms with Crippen LogP contribution in [0.5, 0.6) is 5.88 Å². The van der Waals surface area contributed by atoms with Gasteiger partial charge in [0.15, 0.2) is 0 Å². The van der Waals surface area contributed by atoms with Crippen molar-refractivity contribution >= 4 is 10.9 Å². The van der Waals surface area contributed by atoms with Crippen LogP contribution in [-0.2, 0) is 20.0 Å². The summed E-state index contributed by atoms with van der Waals surface area (Å²) in [5.41, 5.74) is 3.99. The monoisotopic (exact) mass is 352 g/mol. The third-order valence-electron chi connectivity index (χ3n) is 6.35. The molecule has 26 heavy (non-hydrogen) atoms. The Labute approximate surface area is 151 Å². The Balaban J connectivity index is 1.51. The molecule has 5 rings (SSSR count). The molecule has 2 aliphatic rings. The molecule has 0 bridgehead atoms. The number of aromatic nitrogens is 3. The molecule has 0 amide bonds. The van der Waals surface area contributed by atoms with Crippen molar-refractivity contribution in [2.45, 2.75) is 31.3 Å². The number of aromatic amines is 1. The fraction of sp³-hybridized carbons (Fsp3) is 0.450. The lowest BCUT2D eigenvalue weighted by molar-refractivity contribution is 0.103. The Morgan fingerprint density at radius 2 is 2.12 bits per heavy atom. The van der Waals surface area contributed by atoms with Gasteiger partial charge < -0.3 is 14.6 Å². The first-order valence-electron chi connectivity index (χ1n) is 9.26. The number of rotatable bonds is 2. The smallest absolute Gasteiger partial charge is 0.328 e. The Morgan fingerprint density at radius 3 is 2.88 bits per heavy atom. The maximum atomic E-state index is 11.9. The molecule has 1 fully saturated rings. The third kappa shape index (κ3) is 2.25. The maximum absolute atomic E-state index is 11.9. The number of likely N-dealkylation sites (tertiary alicyclic amines) is 1. The molecule has 6 nitrogen and oxygen atoms in total. The van der Waals surface area contributed by atoms with Crippen molar-refractivity contribution in [1.82, 2.24) is 19.0 Å². The van der Waals surface area contributed by atoms with Crippen LogP contribution in [0.1, 0.15) is 23.5 Å². The van der Waals surface area contributed by atoms with Gasteiger partial charge in [0.25, 0.3) is 0 Å². The van der Waals surface area contributed by atoms with Crippen LogP contribution in [0.3, 0.4) is 0 Å². The van der Waals surface area contributed by atoms with Crippen LogP contribution in [0.25, 0.3) is 10.9 Å². The van der Waals surface area contributed by atoms with Gasteiger partial charge in [-0.2, -0.15) is 0 Å². The van der Waals surface area contributed by atoms with Crippen molar-refractivity contribution in [2.75, 3.05) is 13.6 Å². The van der Waals surface area contributed by atoms with Crippen LogP contribution in [0.2, 0.25) is 0 Å². The third-order valence-corrected chi connectivity index (χ3v) is 6.35. The fourth-order valence-corrected chi connectivity index (χ4v) is 5.30. The van der Waals surface area contributed by atoms with Gasteiger partial charge >= 0.3 is 5.69 Å². The molecule has 3 aromatic rings. The predicted octanol–water partition coefficient (Wildman–Crippen LogP) is 2.03. The van der Waals surface area contributed by atoms with Gasteiger partial charge in [-0.3, -0.25) is 9.55 Å². The maximum Gasteiger partial charge on any atom is 0.328 e. The van der Waals surface area contributed by atoms with Gasteiger partial charge in [0.2, 0.25) is 5.88 Å². The molecular weight excluding hydrogens is 328 g/mol. The number of H-pyrrole nitrogens is 1. The molecule has 1 aliphatic heterocycles. The average molecular weight is 352 g/mol. The van der Waals surface area contributed by atoms with Crippen LogP contribution in [-0.4, -0.2) is 43.8 Å². The SMILES string of the molecule is CN1CC(Cn2cc(O)[nH]c2=O)C[C@@H]2c3cccc4c3c(cn4C)C[C@H]21. The molecular formula is C20H24N4O2. The molecule has 1 aromatic carbocycles. The quantitative estimate of drug-likeness (QED) is 0.742. The Bertz CT molecular complexity index is 1040. The van der Waals surface area contributed by atoms with Gasteiger partial charge in [-0.1, -0.05) is 12.1 Å². The van der Waals surface area contributed by atoms with E-state index in [1.807, 2.05) is 0 Å². The van der Waals surface area contributed by atoms with E-state index in [-0.39, 0.29) is 11.6 Å². The number of nitrogens with one attached hydrogen (secondary N) is 1. The molecule has 2 N–H and O–H groups in total. The molecule has 1 saturated heterocycles. The summed E-state index contributed by atoms with van der Waals surface area (Å²) in [7, 11) is 4.33. The number of nitrogens with zero attached hydrogens (tertiary/aromatic N) is 3. The van der Waals surface area contributed by atoms with Crippen molar-refractivity contribution in [3.05, 3.63) is 52.2 Å². The summed E-state index contributed by atoms with van der Waals surface area (Å²) in [6, 6.07) is 7.17. The highest BCUT2D eigenvalue weighted by molar-refractivity contribution is 5.89. The second-order valence-corrected chi connectivity index (χ2v) is 8.02. The summed E-state index contributed by atoms with van der Waals surface area (Å²) >= 11 is 0. The number of likely N-dealkylation sites (N-methyl/N-ethyl adjacent to an activating group) is 1. The number of fused-ring (bicyclic) bond motifs is 2. The average Bonchev–Trinajstić information content (AvgIpc) is 3.09. The minimum Gasteiger partial charge on any atom is -0.493 e. The highest BCUT2D eigenvalue weighted by Gasteiger charge is 2.39. The number of aromatic hydroxyl groups is 1. The van der Waals surface area contributed by atoms with Crippen LogP contribution >= 0.6 is 0 Å². The summed E-state index contributed by atoms with van der Waals surface area (Å²) in [4.78, 5) is 16.8. The minimum atomic E-state index is -0.233. The second-order valence-electron chi connectivity index (χ2n) is 8.02. The number of aryl methyl sites for hydroxylation is 1. The minimum absolute atomic E-state index is 0.0617. The van der Waals surface area contributed by atoms with Crippen molar-refractivity contribution in [3.8, 4) is 5.88 Å². The van der Waals surface area contributed by atoms with Crippen LogP contribution in [0.15, 0.2) is 35.4 Å². The Morgan fingerprint density at radius 1 is 1.27 bits per heavy atom. The standard InChI is InChI=1S/C20H24N4O2/c1-22-8-12(9-24-11-18(25)21-20(24)26)6-15-14-4-3-5-16-19(14)13(7-17(15)22)10-23(16)2/h3-5,10-12,15,17,25H,6-9H2,1-2H3,(H,21,26)/t12?,15-,17-/m1/s1. The summed E-state index contributed by atoms with van der Waals surface area (Å²) in [6.45, 7) is 1.61. The highest BCUT2D eigenvalue weighted by Crippen LogP contribution is 2.44. The van der Waals surface area contributed by atoms with Gasteiger partial charge in [0, 0.05) is 49.2 Å². The molecule has 1 unspecified atom stereocenters. The van der Waals surface area contributed by atoms with E-state index in [1.165, 1.54) is 28.2 Å². The summed E-state index contributed by atoms with van der Waals surface area (Å²) in [5, 5.41) is 11.0. The van der Waals surface area contributed by atoms with E-state index in [0.29, 0.717) is 24.4 Å². The van der Waals surface area contributed by atoms with Gasteiger partial charge in [-0.05, 0) is 43.0 Å². The van der Waals surface area contributed by atoms with E-state index in [4.69, 9.17) is 0 Å². The molecule has 3 atom stereocenters. The van der Waals surface area contributed by atoms with Gasteiger partial charge in [-0.25, -0.2) is 4.79 Å². The number of benzene rings is 1. The van der Waals surface area contributed by atoms with Crippen LogP contribution < -0.4 is 5.69 Å². The molecule has 3 heterocycles. The van der Waals surface area contributed by atoms with E-state index >= 15 is 0 Å². The lowest BCUT2D eigenvalue weighted by atomic mass is 9.72. The Kier molecular flexibility index (Phi) is 3.34. The van der Waals surface area contributed by atoms with Crippen molar-refractivity contribution < 1.29 is 5.11 Å². The lowest BCUT2D eigenvalue weighted by Crippen LogP contribution is -2.48. The summed E-state index contributed by atoms with van der Waals surface area (Å²) < 4.78 is 3.84. The predicted molar refractivity (Wildman–Crippen MR) is 101 cm³/mol. The molecule has 136 valence electrons. The first-order chi connectivity index (χ1) is 12.5. The van der Waals surface area contributed by atoms with E-state index in [2.05, 4.69) is 52.9 Å². The fourth-order valence-electron chi connectivity index (χ4n) is 5.30. The zero-order valence-electron chi connectivity index (χ0n) is 15.1. The first-order valence-corrected chi connectivity index (χ1v) is 9.26. The van der Waals surface area contributed by atoms with Crippen molar-refractivity contribution in [1.29, 1.82) is 0 Å². The second kappa shape index (κ2) is 5.51. The van der Waals surface area contributed by atoms with E-state index in [9.17, 15) is 9.90 Å². The first kappa shape index (κ1) is 15.8. The number of hydrogen-bond donors (Lipinski definition) is 2. The van der Waals surface area contributed by atoms with Crippen molar-refractivity contribution in [2.24, 2.45) is 13.0 Å². The lowest BCUT2D eigenvalue weighted by Gasteiger charge is -2.45. The molecule has 6 heteroatoms. The topological polar surface area (TPSA) is 66.2 Å². The van der Waals surface area contributed by atoms with Crippen molar-refractivity contribution in [3.63, 3.8) is 0 Å². The Hall–Kier alpha value is -2.47. The van der Waals surface area contributed by atoms with Gasteiger partial charge in [-0.15, -0.1) is 0 Å². The molecule has 2 aromatic heterocycles. The van der Waals surface area contributed by atoms with E-state index in [1.54, 1.807) is 4.57 Å². The molecule has 0 saturated carbocycles. The van der Waals surface area contributed by atoms with E-state index in [0.717, 1.165) is 19.4 Å². The molecule has 1 aliphatic carbocycles. The number of piperidine rings is 1. The zero-order valence-corrected chi connectivity index (χ0v) is 15.1. The number of hydrogen-bond acceptors (Lipinski definition) is 3. The van der Waals surface area contributed by atoms with Crippen LogP contribution in [0.4, 0.5) is 0 Å². The van der Waals surface area contributed by atoms with Gasteiger partial charge in [0.1, 0.15) is 0 Å². The number of imidazole rings is 1. The van der Waals surface area contributed by atoms with Gasteiger partial charge in [0.05, 0.1) is 6.20 Å². The molecule has 0 radical (unpaired) electrons. The van der Waals surface area contributed by atoms with Crippen LogP contribution in [0, 0.1) is 5.92 Å². The normalized spacial score (nSPS) is 25.5. The van der Waals surface area contributed by atoms with E-state index < -0.39 is 0 Å². The summed E-state index contributed by atoms with van der Waals surface area (Å²) in [6.07, 6.45) is 5.95. The highest BCUT2D eigenvalue weighted by atomic mass is 16.3. The molecule has 0 spiro atoms. The zero-order chi connectivity index (χ0) is 18.0.